The Morgan fingerprint density at radius 2 is 2.00 bits per heavy atom. The van der Waals surface area contributed by atoms with E-state index in [0.29, 0.717) is 11.6 Å². The lowest BCUT2D eigenvalue weighted by molar-refractivity contribution is 0.0791. The molecule has 0 aliphatic carbocycles. The molecule has 0 saturated heterocycles. The van der Waals surface area contributed by atoms with Gasteiger partial charge in [-0.1, -0.05) is 37.1 Å². The van der Waals surface area contributed by atoms with Crippen LogP contribution in [-0.4, -0.2) is 38.5 Å². The van der Waals surface area contributed by atoms with E-state index in [1.54, 1.807) is 25.2 Å². The molecule has 0 aliphatic rings. The number of aromatic hydroxyl groups is 1. The maximum atomic E-state index is 12.9. The number of fused-ring (bicyclic) bond motifs is 1. The third-order valence-corrected chi connectivity index (χ3v) is 4.98. The van der Waals surface area contributed by atoms with Gasteiger partial charge in [0.25, 0.3) is 11.5 Å². The first kappa shape index (κ1) is 20.7. The highest BCUT2D eigenvalue weighted by Crippen LogP contribution is 2.14. The van der Waals surface area contributed by atoms with Crippen molar-refractivity contribution in [3.8, 4) is 5.75 Å². The molecule has 2 heterocycles. The molecule has 2 aromatic heterocycles. The molecule has 29 heavy (non-hydrogen) atoms. The topological polar surface area (TPSA) is 84.0 Å². The number of carbonyl (C=O) groups is 1. The van der Waals surface area contributed by atoms with E-state index < -0.39 is 22.6 Å². The second-order valence-electron chi connectivity index (χ2n) is 6.92. The molecule has 0 aliphatic heterocycles. The second-order valence-corrected chi connectivity index (χ2v) is 7.35. The van der Waals surface area contributed by atoms with Crippen LogP contribution in [0.2, 0.25) is 5.02 Å². The van der Waals surface area contributed by atoms with Crippen LogP contribution >= 0.6 is 11.6 Å². The van der Waals surface area contributed by atoms with E-state index in [4.69, 9.17) is 11.6 Å². The van der Waals surface area contributed by atoms with E-state index in [-0.39, 0.29) is 17.6 Å². The first-order chi connectivity index (χ1) is 13.8. The Labute approximate surface area is 172 Å². The van der Waals surface area contributed by atoms with E-state index >= 15 is 0 Å². The standard InChI is InChI=1S/C21H22ClN3O4/c1-3-4-8-23(2)20(28)16-13-24-9-10-25(12-14-6-5-7-15(22)11-14)21(29)17(24)19(27)18(16)26/h5-7,9-11,13,27H,3-4,8,12H2,1-2H3. The molecule has 0 atom stereocenters. The fourth-order valence-electron chi connectivity index (χ4n) is 3.12. The summed E-state index contributed by atoms with van der Waals surface area (Å²) in [7, 11) is 1.60. The SMILES string of the molecule is CCCCN(C)C(=O)c1cn2ccn(Cc3cccc(Cl)c3)c(=O)c2c(O)c1=O. The summed E-state index contributed by atoms with van der Waals surface area (Å²) in [6, 6.07) is 7.06. The summed E-state index contributed by atoms with van der Waals surface area (Å²) < 4.78 is 2.68. The van der Waals surface area contributed by atoms with Crippen molar-refractivity contribution < 1.29 is 9.90 Å². The van der Waals surface area contributed by atoms with Crippen molar-refractivity contribution in [1.29, 1.82) is 0 Å². The van der Waals surface area contributed by atoms with Gasteiger partial charge in [0, 0.05) is 37.2 Å². The zero-order chi connectivity index (χ0) is 21.1. The van der Waals surface area contributed by atoms with E-state index in [1.165, 1.54) is 32.5 Å². The molecule has 1 aromatic carbocycles. The number of pyridine rings is 1. The normalized spacial score (nSPS) is 11.0. The fourth-order valence-corrected chi connectivity index (χ4v) is 3.33. The van der Waals surface area contributed by atoms with E-state index in [2.05, 4.69) is 0 Å². The minimum absolute atomic E-state index is 0.174. The van der Waals surface area contributed by atoms with Crippen LogP contribution in [0.5, 0.6) is 5.75 Å². The number of benzene rings is 1. The predicted molar refractivity (Wildman–Crippen MR) is 112 cm³/mol. The highest BCUT2D eigenvalue weighted by Gasteiger charge is 2.21. The Hall–Kier alpha value is -3.06. The van der Waals surface area contributed by atoms with Gasteiger partial charge in [0.1, 0.15) is 5.56 Å². The second kappa shape index (κ2) is 8.53. The largest absolute Gasteiger partial charge is 0.503 e. The third kappa shape index (κ3) is 4.19. The molecule has 0 spiro atoms. The van der Waals surface area contributed by atoms with E-state index in [0.717, 1.165) is 18.4 Å². The van der Waals surface area contributed by atoms with Crippen LogP contribution in [0.4, 0.5) is 0 Å². The van der Waals surface area contributed by atoms with Crippen molar-refractivity contribution >= 4 is 23.0 Å². The van der Waals surface area contributed by atoms with Gasteiger partial charge in [-0.2, -0.15) is 0 Å². The molecular weight excluding hydrogens is 394 g/mol. The lowest BCUT2D eigenvalue weighted by Gasteiger charge is -2.17. The smallest absolute Gasteiger partial charge is 0.279 e. The highest BCUT2D eigenvalue weighted by molar-refractivity contribution is 6.30. The zero-order valence-electron chi connectivity index (χ0n) is 16.3. The van der Waals surface area contributed by atoms with Crippen molar-refractivity contribution in [3.05, 3.63) is 79.6 Å². The van der Waals surface area contributed by atoms with Crippen molar-refractivity contribution in [1.82, 2.24) is 13.9 Å². The third-order valence-electron chi connectivity index (χ3n) is 4.75. The van der Waals surface area contributed by atoms with Crippen LogP contribution in [0.1, 0.15) is 35.7 Å². The number of unbranched alkanes of at least 4 members (excludes halogenated alkanes) is 1. The predicted octanol–water partition coefficient (Wildman–Crippen LogP) is 2.74. The first-order valence-electron chi connectivity index (χ1n) is 9.30. The molecule has 0 fully saturated rings. The highest BCUT2D eigenvalue weighted by atomic mass is 35.5. The summed E-state index contributed by atoms with van der Waals surface area (Å²) in [5, 5.41) is 11.0. The summed E-state index contributed by atoms with van der Waals surface area (Å²) in [5.41, 5.74) is -0.940. The minimum atomic E-state index is -0.851. The lowest BCUT2D eigenvalue weighted by Crippen LogP contribution is -2.33. The average Bonchev–Trinajstić information content (AvgIpc) is 2.70. The van der Waals surface area contributed by atoms with E-state index in [1.807, 2.05) is 13.0 Å². The van der Waals surface area contributed by atoms with Gasteiger partial charge in [-0.05, 0) is 24.1 Å². The Morgan fingerprint density at radius 3 is 2.69 bits per heavy atom. The minimum Gasteiger partial charge on any atom is -0.503 e. The number of halogens is 1. The van der Waals surface area contributed by atoms with Crippen LogP contribution in [0, 0.1) is 0 Å². The van der Waals surface area contributed by atoms with Gasteiger partial charge < -0.3 is 19.0 Å². The van der Waals surface area contributed by atoms with Crippen LogP contribution in [0.25, 0.3) is 5.52 Å². The molecule has 0 saturated carbocycles. The molecule has 8 heteroatoms. The molecule has 0 bridgehead atoms. The lowest BCUT2D eigenvalue weighted by atomic mass is 10.2. The van der Waals surface area contributed by atoms with Crippen LogP contribution < -0.4 is 11.0 Å². The molecule has 3 rings (SSSR count). The number of hydrogen-bond acceptors (Lipinski definition) is 4. The van der Waals surface area contributed by atoms with Gasteiger partial charge in [-0.15, -0.1) is 0 Å². The summed E-state index contributed by atoms with van der Waals surface area (Å²) >= 11 is 5.99. The molecule has 3 aromatic rings. The van der Waals surface area contributed by atoms with Crippen molar-refractivity contribution in [2.75, 3.05) is 13.6 Å². The van der Waals surface area contributed by atoms with Gasteiger partial charge in [0.2, 0.25) is 5.43 Å². The fraction of sp³-hybridized carbons (Fsp3) is 0.286. The van der Waals surface area contributed by atoms with Crippen LogP contribution in [0.15, 0.2) is 52.4 Å². The average molecular weight is 416 g/mol. The van der Waals surface area contributed by atoms with Crippen LogP contribution in [-0.2, 0) is 6.54 Å². The van der Waals surface area contributed by atoms with Gasteiger partial charge in [-0.25, -0.2) is 0 Å². The van der Waals surface area contributed by atoms with Crippen LogP contribution in [0.3, 0.4) is 0 Å². The molecule has 0 unspecified atom stereocenters. The summed E-state index contributed by atoms with van der Waals surface area (Å²) in [6.45, 7) is 2.73. The maximum Gasteiger partial charge on any atom is 0.279 e. The zero-order valence-corrected chi connectivity index (χ0v) is 17.0. The summed E-state index contributed by atoms with van der Waals surface area (Å²) in [6.07, 6.45) is 6.08. The van der Waals surface area contributed by atoms with Crippen molar-refractivity contribution in [2.24, 2.45) is 0 Å². The molecule has 152 valence electrons. The quantitative estimate of drug-likeness (QED) is 0.671. The molecule has 7 nitrogen and oxygen atoms in total. The monoisotopic (exact) mass is 415 g/mol. The number of rotatable bonds is 6. The number of carbonyl (C=O) groups excluding carboxylic acids is 1. The number of nitrogens with zero attached hydrogens (tertiary/aromatic N) is 3. The molecule has 1 amide bonds. The summed E-state index contributed by atoms with van der Waals surface area (Å²) in [5.74, 6) is -1.22. The molecular formula is C21H22ClN3O4. The summed E-state index contributed by atoms with van der Waals surface area (Å²) in [4.78, 5) is 39.5. The Kier molecular flexibility index (Phi) is 6.08. The molecule has 1 N–H and O–H groups in total. The van der Waals surface area contributed by atoms with Gasteiger partial charge >= 0.3 is 0 Å². The van der Waals surface area contributed by atoms with Crippen molar-refractivity contribution in [3.63, 3.8) is 0 Å². The first-order valence-corrected chi connectivity index (χ1v) is 9.68. The Morgan fingerprint density at radius 1 is 1.24 bits per heavy atom. The number of amides is 1. The van der Waals surface area contributed by atoms with Gasteiger partial charge in [-0.3, -0.25) is 14.4 Å². The Bertz CT molecular complexity index is 1180. The van der Waals surface area contributed by atoms with Gasteiger partial charge in [0.05, 0.1) is 6.54 Å². The maximum absolute atomic E-state index is 12.9. The number of aromatic nitrogens is 2. The van der Waals surface area contributed by atoms with Crippen molar-refractivity contribution in [2.45, 2.75) is 26.3 Å². The van der Waals surface area contributed by atoms with Gasteiger partial charge in [0.15, 0.2) is 11.3 Å². The Balaban J connectivity index is 2.05. The van der Waals surface area contributed by atoms with E-state index in [9.17, 15) is 19.5 Å². The molecule has 0 radical (unpaired) electrons. The number of hydrogen-bond donors (Lipinski definition) is 1.